The van der Waals surface area contributed by atoms with Crippen LogP contribution >= 0.6 is 0 Å². The zero-order chi connectivity index (χ0) is 20.0. The van der Waals surface area contributed by atoms with E-state index in [1.54, 1.807) is 61.7 Å². The minimum atomic E-state index is -3.44. The van der Waals surface area contributed by atoms with E-state index < -0.39 is 10.0 Å². The van der Waals surface area contributed by atoms with Gasteiger partial charge in [-0.1, -0.05) is 24.3 Å². The van der Waals surface area contributed by atoms with Gasteiger partial charge in [0.05, 0.1) is 12.0 Å². The third kappa shape index (κ3) is 4.89. The van der Waals surface area contributed by atoms with Crippen LogP contribution in [0.5, 0.6) is 5.75 Å². The molecule has 3 rings (SSSR count). The number of carbonyl (C=O) groups excluding carboxylic acids is 1. The summed E-state index contributed by atoms with van der Waals surface area (Å²) in [5, 5.41) is 2.90. The Morgan fingerprint density at radius 1 is 1.04 bits per heavy atom. The Morgan fingerprint density at radius 2 is 1.75 bits per heavy atom. The molecule has 0 aromatic heterocycles. The first-order valence-electron chi connectivity index (χ1n) is 9.20. The summed E-state index contributed by atoms with van der Waals surface area (Å²) in [6.07, 6.45) is 0. The molecule has 0 unspecified atom stereocenters. The molecular weight excluding hydrogens is 378 g/mol. The molecular formula is C20H25N3O4S. The number of benzene rings is 2. The van der Waals surface area contributed by atoms with E-state index in [0.717, 1.165) is 0 Å². The molecule has 0 bridgehead atoms. The number of hydrogen-bond donors (Lipinski definition) is 1. The van der Waals surface area contributed by atoms with Crippen LogP contribution in [0.25, 0.3) is 0 Å². The molecule has 7 nitrogen and oxygen atoms in total. The van der Waals surface area contributed by atoms with Crippen LogP contribution in [0.1, 0.15) is 10.4 Å². The van der Waals surface area contributed by atoms with Crippen LogP contribution in [0.4, 0.5) is 0 Å². The molecule has 1 heterocycles. The van der Waals surface area contributed by atoms with E-state index in [1.165, 1.54) is 4.31 Å². The number of carbonyl (C=O) groups is 1. The van der Waals surface area contributed by atoms with E-state index >= 15 is 0 Å². The maximum absolute atomic E-state index is 12.6. The van der Waals surface area contributed by atoms with Crippen molar-refractivity contribution in [1.82, 2.24) is 14.5 Å². The standard InChI is InChI=1S/C20H25N3O4S/c1-27-18-7-5-6-17(16-18)20(24)21-10-11-22-12-14-23(15-13-22)28(25,26)19-8-3-2-4-9-19/h2-9,16H,10-15H2,1H3,(H,21,24). The first kappa shape index (κ1) is 20.3. The number of amides is 1. The van der Waals surface area contributed by atoms with E-state index in [9.17, 15) is 13.2 Å². The predicted octanol–water partition coefficient (Wildman–Crippen LogP) is 1.43. The van der Waals surface area contributed by atoms with E-state index in [2.05, 4.69) is 10.2 Å². The van der Waals surface area contributed by atoms with Crippen molar-refractivity contribution in [2.45, 2.75) is 4.90 Å². The largest absolute Gasteiger partial charge is 0.497 e. The third-order valence-electron chi connectivity index (χ3n) is 4.76. The fourth-order valence-electron chi connectivity index (χ4n) is 3.13. The maximum atomic E-state index is 12.6. The molecule has 2 aromatic carbocycles. The van der Waals surface area contributed by atoms with E-state index in [4.69, 9.17) is 4.74 Å². The lowest BCUT2D eigenvalue weighted by molar-refractivity contribution is 0.0944. The maximum Gasteiger partial charge on any atom is 0.251 e. The number of hydrogen-bond acceptors (Lipinski definition) is 5. The first-order chi connectivity index (χ1) is 13.5. The van der Waals surface area contributed by atoms with Gasteiger partial charge in [-0.05, 0) is 30.3 Å². The van der Waals surface area contributed by atoms with Crippen LogP contribution in [0.2, 0.25) is 0 Å². The number of methoxy groups -OCH3 is 1. The van der Waals surface area contributed by atoms with Crippen molar-refractivity contribution in [2.75, 3.05) is 46.4 Å². The van der Waals surface area contributed by atoms with Crippen molar-refractivity contribution in [3.63, 3.8) is 0 Å². The highest BCUT2D eigenvalue weighted by Gasteiger charge is 2.28. The summed E-state index contributed by atoms with van der Waals surface area (Å²) in [5.41, 5.74) is 0.554. The smallest absolute Gasteiger partial charge is 0.251 e. The Kier molecular flexibility index (Phi) is 6.66. The van der Waals surface area contributed by atoms with Crippen molar-refractivity contribution >= 4 is 15.9 Å². The highest BCUT2D eigenvalue weighted by Crippen LogP contribution is 2.17. The summed E-state index contributed by atoms with van der Waals surface area (Å²) < 4.78 is 31.9. The van der Waals surface area contributed by atoms with Crippen molar-refractivity contribution in [3.05, 3.63) is 60.2 Å². The van der Waals surface area contributed by atoms with Crippen LogP contribution in [-0.4, -0.2) is 69.9 Å². The summed E-state index contributed by atoms with van der Waals surface area (Å²) in [6.45, 7) is 3.35. The Labute approximate surface area is 166 Å². The number of rotatable bonds is 7. The molecule has 28 heavy (non-hydrogen) atoms. The van der Waals surface area contributed by atoms with Gasteiger partial charge in [0.2, 0.25) is 10.0 Å². The average Bonchev–Trinajstić information content (AvgIpc) is 2.74. The highest BCUT2D eigenvalue weighted by atomic mass is 32.2. The van der Waals surface area contributed by atoms with Gasteiger partial charge in [-0.3, -0.25) is 9.69 Å². The fourth-order valence-corrected chi connectivity index (χ4v) is 4.57. The van der Waals surface area contributed by atoms with Gasteiger partial charge in [0.15, 0.2) is 0 Å². The normalized spacial score (nSPS) is 15.9. The summed E-state index contributed by atoms with van der Waals surface area (Å²) >= 11 is 0. The molecule has 1 fully saturated rings. The second-order valence-corrected chi connectivity index (χ2v) is 8.48. The zero-order valence-electron chi connectivity index (χ0n) is 15.9. The summed E-state index contributed by atoms with van der Waals surface area (Å²) in [4.78, 5) is 14.7. The Balaban J connectivity index is 1.45. The van der Waals surface area contributed by atoms with Gasteiger partial charge in [0.25, 0.3) is 5.91 Å². The zero-order valence-corrected chi connectivity index (χ0v) is 16.7. The van der Waals surface area contributed by atoms with Gasteiger partial charge in [-0.25, -0.2) is 8.42 Å². The van der Waals surface area contributed by atoms with Crippen LogP contribution in [0.3, 0.4) is 0 Å². The Morgan fingerprint density at radius 3 is 2.43 bits per heavy atom. The van der Waals surface area contributed by atoms with Crippen molar-refractivity contribution in [1.29, 1.82) is 0 Å². The molecule has 0 radical (unpaired) electrons. The van der Waals surface area contributed by atoms with Crippen LogP contribution < -0.4 is 10.1 Å². The van der Waals surface area contributed by atoms with Gasteiger partial charge < -0.3 is 10.1 Å². The molecule has 1 aliphatic rings. The lowest BCUT2D eigenvalue weighted by Crippen LogP contribution is -2.50. The van der Waals surface area contributed by atoms with E-state index in [1.807, 2.05) is 0 Å². The number of sulfonamides is 1. The van der Waals surface area contributed by atoms with Crippen LogP contribution in [-0.2, 0) is 10.0 Å². The Bertz CT molecular complexity index is 895. The van der Waals surface area contributed by atoms with E-state index in [-0.39, 0.29) is 5.91 Å². The van der Waals surface area contributed by atoms with Gasteiger partial charge in [0, 0.05) is 44.8 Å². The van der Waals surface area contributed by atoms with Crippen LogP contribution in [0.15, 0.2) is 59.5 Å². The number of ether oxygens (including phenoxy) is 1. The molecule has 0 saturated carbocycles. The van der Waals surface area contributed by atoms with Crippen LogP contribution in [0, 0.1) is 0 Å². The third-order valence-corrected chi connectivity index (χ3v) is 6.67. The molecule has 1 amide bonds. The van der Waals surface area contributed by atoms with Gasteiger partial charge >= 0.3 is 0 Å². The number of nitrogens with zero attached hydrogens (tertiary/aromatic N) is 2. The summed E-state index contributed by atoms with van der Waals surface area (Å²) in [7, 11) is -1.87. The molecule has 0 atom stereocenters. The molecule has 0 aliphatic carbocycles. The fraction of sp³-hybridized carbons (Fsp3) is 0.350. The molecule has 150 valence electrons. The second-order valence-electron chi connectivity index (χ2n) is 6.55. The number of nitrogens with one attached hydrogen (secondary N) is 1. The quantitative estimate of drug-likeness (QED) is 0.757. The molecule has 1 saturated heterocycles. The van der Waals surface area contributed by atoms with Crippen molar-refractivity contribution in [3.8, 4) is 5.75 Å². The predicted molar refractivity (Wildman–Crippen MR) is 107 cm³/mol. The van der Waals surface area contributed by atoms with Crippen molar-refractivity contribution < 1.29 is 17.9 Å². The van der Waals surface area contributed by atoms with Gasteiger partial charge in [-0.2, -0.15) is 4.31 Å². The lowest BCUT2D eigenvalue weighted by Gasteiger charge is -2.33. The molecule has 1 N–H and O–H groups in total. The average molecular weight is 404 g/mol. The minimum absolute atomic E-state index is 0.149. The first-order valence-corrected chi connectivity index (χ1v) is 10.6. The molecule has 0 spiro atoms. The second kappa shape index (κ2) is 9.18. The Hall–Kier alpha value is -2.42. The monoisotopic (exact) mass is 403 g/mol. The van der Waals surface area contributed by atoms with E-state index in [0.29, 0.717) is 55.5 Å². The molecule has 1 aliphatic heterocycles. The van der Waals surface area contributed by atoms with Gasteiger partial charge in [-0.15, -0.1) is 0 Å². The summed E-state index contributed by atoms with van der Waals surface area (Å²) in [6, 6.07) is 15.5. The SMILES string of the molecule is COc1cccc(C(=O)NCCN2CCN(S(=O)(=O)c3ccccc3)CC2)c1. The highest BCUT2D eigenvalue weighted by molar-refractivity contribution is 7.89. The summed E-state index contributed by atoms with van der Waals surface area (Å²) in [5.74, 6) is 0.493. The van der Waals surface area contributed by atoms with Crippen molar-refractivity contribution in [2.24, 2.45) is 0 Å². The lowest BCUT2D eigenvalue weighted by atomic mass is 10.2. The molecule has 8 heteroatoms. The number of piperazine rings is 1. The van der Waals surface area contributed by atoms with Gasteiger partial charge in [0.1, 0.15) is 5.75 Å². The topological polar surface area (TPSA) is 79.0 Å². The molecule has 2 aromatic rings. The minimum Gasteiger partial charge on any atom is -0.497 e.